The van der Waals surface area contributed by atoms with Crippen molar-refractivity contribution in [2.75, 3.05) is 13.1 Å². The summed E-state index contributed by atoms with van der Waals surface area (Å²) < 4.78 is 0. The first kappa shape index (κ1) is 11.0. The maximum Gasteiger partial charge on any atom is 0.00320 e. The van der Waals surface area contributed by atoms with Crippen molar-refractivity contribution in [2.45, 2.75) is 25.2 Å². The van der Waals surface area contributed by atoms with Gasteiger partial charge in [0.1, 0.15) is 0 Å². The summed E-state index contributed by atoms with van der Waals surface area (Å²) in [5, 5.41) is 3.56. The van der Waals surface area contributed by atoms with Gasteiger partial charge in [0.25, 0.3) is 0 Å². The van der Waals surface area contributed by atoms with Gasteiger partial charge in [-0.1, -0.05) is 36.8 Å². The van der Waals surface area contributed by atoms with Crippen LogP contribution in [0.5, 0.6) is 0 Å². The van der Waals surface area contributed by atoms with E-state index in [4.69, 9.17) is 0 Å². The lowest BCUT2D eigenvalue weighted by molar-refractivity contribution is 0.137. The largest absolute Gasteiger partial charge is 0.316 e. The zero-order valence-corrected chi connectivity index (χ0v) is 9.72. The average molecular weight is 224 g/mol. The molecule has 2 heteroatoms. The predicted molar refractivity (Wildman–Crippen MR) is 65.6 cm³/mol. The summed E-state index contributed by atoms with van der Waals surface area (Å²) in [5.41, 5.74) is 2.17. The summed E-state index contributed by atoms with van der Waals surface area (Å²) in [6, 6.07) is 11.0. The van der Waals surface area contributed by atoms with E-state index in [0.717, 1.165) is 5.92 Å². The molecule has 1 aromatic carbocycles. The minimum absolute atomic E-state index is 0. The SMILES string of the molecule is Cl.c1ccc([C@H]2CNCC23CCC3)cc1. The van der Waals surface area contributed by atoms with Gasteiger partial charge in [0.2, 0.25) is 0 Å². The first-order valence-electron chi connectivity index (χ1n) is 5.66. The van der Waals surface area contributed by atoms with Gasteiger partial charge in [0, 0.05) is 19.0 Å². The van der Waals surface area contributed by atoms with Crippen LogP contribution >= 0.6 is 12.4 Å². The Hall–Kier alpha value is -0.530. The van der Waals surface area contributed by atoms with E-state index in [1.807, 2.05) is 0 Å². The van der Waals surface area contributed by atoms with Crippen LogP contribution in [-0.4, -0.2) is 13.1 Å². The molecule has 82 valence electrons. The predicted octanol–water partition coefficient (Wildman–Crippen LogP) is 2.97. The van der Waals surface area contributed by atoms with Crippen LogP contribution in [0.1, 0.15) is 30.7 Å². The molecule has 3 rings (SSSR count). The zero-order chi connectivity index (χ0) is 9.43. The topological polar surface area (TPSA) is 12.0 Å². The van der Waals surface area contributed by atoms with Gasteiger partial charge in [0.05, 0.1) is 0 Å². The van der Waals surface area contributed by atoms with Crippen molar-refractivity contribution >= 4 is 12.4 Å². The Morgan fingerprint density at radius 1 is 1.13 bits per heavy atom. The highest BCUT2D eigenvalue weighted by molar-refractivity contribution is 5.85. The molecule has 1 atom stereocenters. The summed E-state index contributed by atoms with van der Waals surface area (Å²) >= 11 is 0. The molecule has 1 aliphatic heterocycles. The molecule has 2 fully saturated rings. The second kappa shape index (κ2) is 4.15. The van der Waals surface area contributed by atoms with E-state index >= 15 is 0 Å². The van der Waals surface area contributed by atoms with Crippen molar-refractivity contribution in [3.05, 3.63) is 35.9 Å². The molecule has 2 aliphatic rings. The molecule has 1 aliphatic carbocycles. The Kier molecular flexibility index (Phi) is 3.03. The summed E-state index contributed by atoms with van der Waals surface area (Å²) in [5.74, 6) is 0.775. The molecule has 15 heavy (non-hydrogen) atoms. The van der Waals surface area contributed by atoms with Crippen LogP contribution in [0.3, 0.4) is 0 Å². The molecule has 1 spiro atoms. The summed E-state index contributed by atoms with van der Waals surface area (Å²) in [4.78, 5) is 0. The number of halogens is 1. The molecule has 0 radical (unpaired) electrons. The first-order chi connectivity index (χ1) is 6.91. The van der Waals surface area contributed by atoms with Crippen LogP contribution in [-0.2, 0) is 0 Å². The number of nitrogens with one attached hydrogen (secondary N) is 1. The lowest BCUT2D eigenvalue weighted by Crippen LogP contribution is -2.35. The maximum atomic E-state index is 3.56. The van der Waals surface area contributed by atoms with Crippen molar-refractivity contribution in [1.29, 1.82) is 0 Å². The highest BCUT2D eigenvalue weighted by atomic mass is 35.5. The van der Waals surface area contributed by atoms with Crippen LogP contribution in [0, 0.1) is 5.41 Å². The highest BCUT2D eigenvalue weighted by Crippen LogP contribution is 2.53. The van der Waals surface area contributed by atoms with E-state index in [2.05, 4.69) is 35.6 Å². The number of rotatable bonds is 1. The minimum Gasteiger partial charge on any atom is -0.316 e. The Morgan fingerprint density at radius 2 is 1.87 bits per heavy atom. The molecule has 1 heterocycles. The van der Waals surface area contributed by atoms with Crippen molar-refractivity contribution in [3.8, 4) is 0 Å². The van der Waals surface area contributed by atoms with Gasteiger partial charge >= 0.3 is 0 Å². The van der Waals surface area contributed by atoms with E-state index in [0.29, 0.717) is 5.41 Å². The Bertz CT molecular complexity index is 319. The molecule has 1 aromatic rings. The van der Waals surface area contributed by atoms with Crippen molar-refractivity contribution < 1.29 is 0 Å². The normalized spacial score (nSPS) is 27.1. The van der Waals surface area contributed by atoms with Crippen LogP contribution in [0.4, 0.5) is 0 Å². The minimum atomic E-state index is 0. The molecule has 1 N–H and O–H groups in total. The average Bonchev–Trinajstić information content (AvgIpc) is 2.62. The lowest BCUT2D eigenvalue weighted by atomic mass is 9.61. The fraction of sp³-hybridized carbons (Fsp3) is 0.538. The van der Waals surface area contributed by atoms with Crippen LogP contribution < -0.4 is 5.32 Å². The summed E-state index contributed by atoms with van der Waals surface area (Å²) in [7, 11) is 0. The third-order valence-electron chi connectivity index (χ3n) is 4.12. The number of benzene rings is 1. The van der Waals surface area contributed by atoms with Crippen molar-refractivity contribution in [2.24, 2.45) is 5.41 Å². The van der Waals surface area contributed by atoms with Crippen LogP contribution in [0.25, 0.3) is 0 Å². The Morgan fingerprint density at radius 3 is 2.47 bits per heavy atom. The van der Waals surface area contributed by atoms with Gasteiger partial charge < -0.3 is 5.32 Å². The van der Waals surface area contributed by atoms with Crippen molar-refractivity contribution in [3.63, 3.8) is 0 Å². The van der Waals surface area contributed by atoms with Gasteiger partial charge in [0.15, 0.2) is 0 Å². The second-order valence-corrected chi connectivity index (χ2v) is 4.81. The van der Waals surface area contributed by atoms with Gasteiger partial charge in [-0.2, -0.15) is 0 Å². The van der Waals surface area contributed by atoms with Gasteiger partial charge in [-0.3, -0.25) is 0 Å². The molecule has 0 amide bonds. The smallest absolute Gasteiger partial charge is 0.00320 e. The Balaban J connectivity index is 0.000000853. The lowest BCUT2D eigenvalue weighted by Gasteiger charge is -2.43. The number of hydrogen-bond donors (Lipinski definition) is 1. The molecule has 1 saturated heterocycles. The Labute approximate surface area is 97.7 Å². The fourth-order valence-electron chi connectivity index (χ4n) is 3.12. The second-order valence-electron chi connectivity index (χ2n) is 4.81. The van der Waals surface area contributed by atoms with Crippen LogP contribution in [0.2, 0.25) is 0 Å². The highest BCUT2D eigenvalue weighted by Gasteiger charge is 2.47. The molecule has 0 unspecified atom stereocenters. The molecule has 1 nitrogen and oxygen atoms in total. The van der Waals surface area contributed by atoms with E-state index in [9.17, 15) is 0 Å². The molecule has 0 bridgehead atoms. The number of hydrogen-bond acceptors (Lipinski definition) is 1. The monoisotopic (exact) mass is 223 g/mol. The molecular formula is C13H18ClN. The van der Waals surface area contributed by atoms with Crippen molar-refractivity contribution in [1.82, 2.24) is 5.32 Å². The van der Waals surface area contributed by atoms with E-state index in [1.165, 1.54) is 37.9 Å². The molecule has 1 saturated carbocycles. The molecule has 0 aromatic heterocycles. The summed E-state index contributed by atoms with van der Waals surface area (Å²) in [6.07, 6.45) is 4.30. The van der Waals surface area contributed by atoms with E-state index < -0.39 is 0 Å². The quantitative estimate of drug-likeness (QED) is 0.772. The third kappa shape index (κ3) is 1.68. The van der Waals surface area contributed by atoms with Crippen LogP contribution in [0.15, 0.2) is 30.3 Å². The zero-order valence-electron chi connectivity index (χ0n) is 8.91. The van der Waals surface area contributed by atoms with E-state index in [1.54, 1.807) is 0 Å². The summed E-state index contributed by atoms with van der Waals surface area (Å²) in [6.45, 7) is 2.43. The first-order valence-corrected chi connectivity index (χ1v) is 5.66. The molecular weight excluding hydrogens is 206 g/mol. The maximum absolute atomic E-state index is 3.56. The standard InChI is InChI=1S/C13H17N.ClH/c1-2-5-11(6-3-1)12-9-14-10-13(12)7-4-8-13;/h1-3,5-6,12,14H,4,7-10H2;1H/t12-;/m1./s1. The van der Waals surface area contributed by atoms with E-state index in [-0.39, 0.29) is 12.4 Å². The third-order valence-corrected chi connectivity index (χ3v) is 4.12. The van der Waals surface area contributed by atoms with Gasteiger partial charge in [-0.25, -0.2) is 0 Å². The fourth-order valence-corrected chi connectivity index (χ4v) is 3.12. The van der Waals surface area contributed by atoms with Gasteiger partial charge in [-0.05, 0) is 23.8 Å². The van der Waals surface area contributed by atoms with Gasteiger partial charge in [-0.15, -0.1) is 12.4 Å².